The number of benzene rings is 2. The first-order valence-electron chi connectivity index (χ1n) is 11.0. The molecule has 1 amide bonds. The number of piperazine rings is 1. The monoisotopic (exact) mass is 495 g/mol. The Morgan fingerprint density at radius 1 is 1.11 bits per heavy atom. The third-order valence-electron chi connectivity index (χ3n) is 6.00. The molecule has 1 saturated heterocycles. The van der Waals surface area contributed by atoms with Crippen LogP contribution >= 0.6 is 11.3 Å². The van der Waals surface area contributed by atoms with E-state index in [1.807, 2.05) is 6.20 Å². The number of carbonyl (C=O) groups is 1. The van der Waals surface area contributed by atoms with Gasteiger partial charge in [0, 0.05) is 56.6 Å². The molecule has 1 aliphatic heterocycles. The van der Waals surface area contributed by atoms with E-state index in [9.17, 15) is 19.3 Å². The Hall–Kier alpha value is -3.90. The lowest BCUT2D eigenvalue weighted by atomic mass is 10.2. The van der Waals surface area contributed by atoms with Crippen LogP contribution in [-0.4, -0.2) is 70.1 Å². The lowest BCUT2D eigenvalue weighted by Gasteiger charge is -2.34. The van der Waals surface area contributed by atoms with Crippen LogP contribution in [0.4, 0.5) is 20.9 Å². The molecule has 0 spiro atoms. The van der Waals surface area contributed by atoms with Gasteiger partial charge in [-0.1, -0.05) is 11.3 Å². The summed E-state index contributed by atoms with van der Waals surface area (Å²) in [5.74, 6) is -0.359. The molecular formula is C23H22FN7O3S. The molecule has 0 radical (unpaired) electrons. The smallest absolute Gasteiger partial charge is 0.269 e. The van der Waals surface area contributed by atoms with E-state index in [0.717, 1.165) is 34.4 Å². The van der Waals surface area contributed by atoms with Gasteiger partial charge in [-0.25, -0.2) is 13.9 Å². The number of imidazole rings is 1. The highest BCUT2D eigenvalue weighted by Crippen LogP contribution is 2.27. The second-order valence-corrected chi connectivity index (χ2v) is 9.17. The van der Waals surface area contributed by atoms with Gasteiger partial charge in [-0.2, -0.15) is 0 Å². The SMILES string of the molecule is CN(C(=O)CN1CCN(c2nn3cc(-c4ccc(F)cc4)nc3s2)CC1)c1ccc([N+](=O)[O-])cc1. The van der Waals surface area contributed by atoms with Crippen molar-refractivity contribution >= 4 is 38.7 Å². The van der Waals surface area contributed by atoms with Gasteiger partial charge in [-0.05, 0) is 36.4 Å². The van der Waals surface area contributed by atoms with Gasteiger partial charge in [0.2, 0.25) is 16.0 Å². The van der Waals surface area contributed by atoms with Crippen LogP contribution in [0.3, 0.4) is 0 Å². The first-order valence-corrected chi connectivity index (χ1v) is 11.8. The van der Waals surface area contributed by atoms with Gasteiger partial charge in [0.1, 0.15) is 5.82 Å². The Morgan fingerprint density at radius 2 is 1.80 bits per heavy atom. The summed E-state index contributed by atoms with van der Waals surface area (Å²) in [6.07, 6.45) is 1.84. The molecule has 10 nitrogen and oxygen atoms in total. The summed E-state index contributed by atoms with van der Waals surface area (Å²) in [6, 6.07) is 12.2. The third-order valence-corrected chi connectivity index (χ3v) is 6.98. The van der Waals surface area contributed by atoms with Crippen LogP contribution in [0.1, 0.15) is 0 Å². The van der Waals surface area contributed by atoms with E-state index in [1.54, 1.807) is 35.8 Å². The number of amides is 1. The molecule has 3 heterocycles. The number of rotatable bonds is 6. The van der Waals surface area contributed by atoms with Gasteiger partial charge in [-0.3, -0.25) is 19.8 Å². The van der Waals surface area contributed by atoms with E-state index < -0.39 is 4.92 Å². The molecule has 5 rings (SSSR count). The number of aromatic nitrogens is 3. The van der Waals surface area contributed by atoms with Crippen LogP contribution in [0.2, 0.25) is 0 Å². The maximum Gasteiger partial charge on any atom is 0.269 e. The number of hydrogen-bond acceptors (Lipinski definition) is 8. The standard InChI is InChI=1S/C23H22FN7O3S/c1-27(18-6-8-19(9-7-18)31(33)34)21(32)15-28-10-12-29(13-11-28)23-26-30-14-20(25-22(30)35-23)16-2-4-17(24)5-3-16/h2-9,14H,10-13,15H2,1H3. The summed E-state index contributed by atoms with van der Waals surface area (Å²) in [7, 11) is 1.67. The van der Waals surface area contributed by atoms with Crippen molar-refractivity contribution in [3.05, 3.63) is 70.7 Å². The number of anilines is 2. The molecule has 4 aromatic rings. The molecule has 1 aliphatic rings. The Labute approximate surface area is 204 Å². The Bertz CT molecular complexity index is 1330. The number of nitrogens with zero attached hydrogens (tertiary/aromatic N) is 7. The van der Waals surface area contributed by atoms with Crippen molar-refractivity contribution < 1.29 is 14.1 Å². The van der Waals surface area contributed by atoms with Crippen LogP contribution in [0.25, 0.3) is 16.2 Å². The van der Waals surface area contributed by atoms with E-state index >= 15 is 0 Å². The molecule has 2 aromatic heterocycles. The first kappa shape index (κ1) is 22.9. The maximum atomic E-state index is 13.2. The minimum Gasteiger partial charge on any atom is -0.344 e. The largest absolute Gasteiger partial charge is 0.344 e. The van der Waals surface area contributed by atoms with Crippen LogP contribution in [0, 0.1) is 15.9 Å². The molecule has 35 heavy (non-hydrogen) atoms. The lowest BCUT2D eigenvalue weighted by molar-refractivity contribution is -0.384. The molecule has 0 unspecified atom stereocenters. The summed E-state index contributed by atoms with van der Waals surface area (Å²) in [6.45, 7) is 3.15. The zero-order valence-corrected chi connectivity index (χ0v) is 19.7. The van der Waals surface area contributed by atoms with Crippen LogP contribution in [-0.2, 0) is 4.79 Å². The predicted molar refractivity (Wildman–Crippen MR) is 131 cm³/mol. The van der Waals surface area contributed by atoms with Crippen molar-refractivity contribution in [2.75, 3.05) is 49.6 Å². The van der Waals surface area contributed by atoms with E-state index in [-0.39, 0.29) is 24.0 Å². The van der Waals surface area contributed by atoms with Crippen molar-refractivity contribution in [2.24, 2.45) is 0 Å². The Morgan fingerprint density at radius 3 is 2.43 bits per heavy atom. The summed E-state index contributed by atoms with van der Waals surface area (Å²) in [5.41, 5.74) is 2.19. The van der Waals surface area contributed by atoms with Gasteiger partial charge in [0.25, 0.3) is 5.69 Å². The zero-order valence-electron chi connectivity index (χ0n) is 18.9. The summed E-state index contributed by atoms with van der Waals surface area (Å²) >= 11 is 1.49. The summed E-state index contributed by atoms with van der Waals surface area (Å²) in [4.78, 5) is 34.3. The minimum atomic E-state index is -0.463. The second kappa shape index (κ2) is 9.39. The zero-order chi connectivity index (χ0) is 24.5. The number of carbonyl (C=O) groups excluding carboxylic acids is 1. The highest BCUT2D eigenvalue weighted by Gasteiger charge is 2.24. The maximum absolute atomic E-state index is 13.2. The molecule has 0 N–H and O–H groups in total. The fourth-order valence-electron chi connectivity index (χ4n) is 3.91. The number of nitro benzene ring substituents is 1. The Kier molecular flexibility index (Phi) is 6.14. The molecule has 12 heteroatoms. The molecule has 0 aliphatic carbocycles. The fraction of sp³-hybridized carbons (Fsp3) is 0.261. The number of likely N-dealkylation sites (N-methyl/N-ethyl adjacent to an activating group) is 1. The second-order valence-electron chi connectivity index (χ2n) is 8.23. The van der Waals surface area contributed by atoms with Crippen molar-refractivity contribution in [2.45, 2.75) is 0 Å². The third kappa shape index (κ3) is 4.84. The minimum absolute atomic E-state index is 0.00739. The van der Waals surface area contributed by atoms with E-state index in [0.29, 0.717) is 18.8 Å². The lowest BCUT2D eigenvalue weighted by Crippen LogP contribution is -2.49. The van der Waals surface area contributed by atoms with Crippen molar-refractivity contribution in [3.63, 3.8) is 0 Å². The van der Waals surface area contributed by atoms with Crippen LogP contribution < -0.4 is 9.80 Å². The van der Waals surface area contributed by atoms with Gasteiger partial charge >= 0.3 is 0 Å². The summed E-state index contributed by atoms with van der Waals surface area (Å²) in [5, 5.41) is 16.3. The van der Waals surface area contributed by atoms with E-state index in [4.69, 9.17) is 0 Å². The topological polar surface area (TPSA) is 100 Å². The molecular weight excluding hydrogens is 473 g/mol. The van der Waals surface area contributed by atoms with Gasteiger partial charge in [-0.15, -0.1) is 5.10 Å². The molecule has 0 atom stereocenters. The van der Waals surface area contributed by atoms with Gasteiger partial charge < -0.3 is 9.80 Å². The molecule has 0 bridgehead atoms. The van der Waals surface area contributed by atoms with Crippen LogP contribution in [0.15, 0.2) is 54.7 Å². The van der Waals surface area contributed by atoms with E-state index in [2.05, 4.69) is 19.9 Å². The van der Waals surface area contributed by atoms with Gasteiger partial charge in [0.05, 0.1) is 23.4 Å². The normalized spacial score (nSPS) is 14.4. The predicted octanol–water partition coefficient (Wildman–Crippen LogP) is 3.29. The quantitative estimate of drug-likeness (QED) is 0.299. The molecule has 1 fully saturated rings. The number of halogens is 1. The number of fused-ring (bicyclic) bond motifs is 1. The number of nitro groups is 1. The molecule has 2 aromatic carbocycles. The Balaban J connectivity index is 1.17. The van der Waals surface area contributed by atoms with E-state index in [1.165, 1.54) is 40.5 Å². The van der Waals surface area contributed by atoms with Crippen molar-refractivity contribution in [3.8, 4) is 11.3 Å². The fourth-order valence-corrected chi connectivity index (χ4v) is 4.85. The van der Waals surface area contributed by atoms with Crippen molar-refractivity contribution in [1.29, 1.82) is 0 Å². The summed E-state index contributed by atoms with van der Waals surface area (Å²) < 4.78 is 14.9. The average Bonchev–Trinajstić information content (AvgIpc) is 3.44. The van der Waals surface area contributed by atoms with Crippen molar-refractivity contribution in [1.82, 2.24) is 19.5 Å². The molecule has 0 saturated carbocycles. The highest BCUT2D eigenvalue weighted by atomic mass is 32.1. The van der Waals surface area contributed by atoms with Crippen LogP contribution in [0.5, 0.6) is 0 Å². The average molecular weight is 496 g/mol. The number of hydrogen-bond donors (Lipinski definition) is 0. The number of non-ortho nitro benzene ring substituents is 1. The highest BCUT2D eigenvalue weighted by molar-refractivity contribution is 7.20. The first-order chi connectivity index (χ1) is 16.9. The van der Waals surface area contributed by atoms with Gasteiger partial charge in [0.15, 0.2) is 0 Å². The molecule has 180 valence electrons.